The summed E-state index contributed by atoms with van der Waals surface area (Å²) in [5.41, 5.74) is 3.41. The van der Waals surface area contributed by atoms with Crippen molar-refractivity contribution in [2.45, 2.75) is 30.6 Å². The second-order valence-corrected chi connectivity index (χ2v) is 16.4. The maximum Gasteiger partial charge on any atom is 0.246 e. The van der Waals surface area contributed by atoms with Gasteiger partial charge in [-0.1, -0.05) is 108 Å². The largest absolute Gasteiger partial charge is 0.507 e. The van der Waals surface area contributed by atoms with Gasteiger partial charge in [0.05, 0.1) is 48.8 Å². The molecule has 6 atom stereocenters. The Balaban J connectivity index is 1.14. The summed E-state index contributed by atoms with van der Waals surface area (Å²) >= 11 is 6.46. The van der Waals surface area contributed by atoms with E-state index in [1.54, 1.807) is 62.8 Å². The van der Waals surface area contributed by atoms with E-state index in [4.69, 9.17) is 21.1 Å². The van der Waals surface area contributed by atoms with Crippen molar-refractivity contribution in [2.24, 2.45) is 23.7 Å². The molecule has 9 rings (SSSR count). The lowest BCUT2D eigenvalue weighted by atomic mass is 9.49. The summed E-state index contributed by atoms with van der Waals surface area (Å²) in [7, 11) is 3.21. The van der Waals surface area contributed by atoms with Crippen LogP contribution in [0.5, 0.6) is 17.2 Å². The third kappa shape index (κ3) is 6.29. The van der Waals surface area contributed by atoms with Crippen molar-refractivity contribution in [2.75, 3.05) is 24.0 Å². The van der Waals surface area contributed by atoms with Crippen molar-refractivity contribution >= 4 is 58.8 Å². The molecule has 0 spiro atoms. The molecule has 4 amide bonds. The second-order valence-electron chi connectivity index (χ2n) is 16.0. The normalized spacial score (nSPS) is 24.4. The van der Waals surface area contributed by atoms with Gasteiger partial charge < -0.3 is 14.6 Å². The van der Waals surface area contributed by atoms with Crippen LogP contribution in [0.15, 0.2) is 140 Å². The van der Waals surface area contributed by atoms with Gasteiger partial charge in [-0.3, -0.25) is 24.1 Å². The van der Waals surface area contributed by atoms with E-state index in [-0.39, 0.29) is 30.4 Å². The number of anilines is 2. The zero-order chi connectivity index (χ0) is 42.6. The highest BCUT2D eigenvalue weighted by molar-refractivity contribution is 6.32. The Kier molecular flexibility index (Phi) is 10.2. The Bertz CT molecular complexity index is 2670. The molecule has 2 aliphatic carbocycles. The molecular weight excluding hydrogens is 788 g/mol. The van der Waals surface area contributed by atoms with Crippen molar-refractivity contribution in [3.63, 3.8) is 0 Å². The number of nitrogens with zero attached hydrogens (tertiary/aromatic N) is 2. The zero-order valence-corrected chi connectivity index (χ0v) is 34.4. The molecule has 9 nitrogen and oxygen atoms in total. The minimum atomic E-state index is -1.51. The summed E-state index contributed by atoms with van der Waals surface area (Å²) in [4.78, 5) is 62.5. The predicted octanol–water partition coefficient (Wildman–Crippen LogP) is 9.33. The van der Waals surface area contributed by atoms with Crippen LogP contribution in [0.3, 0.4) is 0 Å². The number of hydrogen-bond acceptors (Lipinski definition) is 7. The Morgan fingerprint density at radius 2 is 1.56 bits per heavy atom. The molecule has 10 heteroatoms. The van der Waals surface area contributed by atoms with Crippen LogP contribution in [0.2, 0.25) is 5.02 Å². The van der Waals surface area contributed by atoms with Crippen LogP contribution in [-0.4, -0.2) is 43.0 Å². The topological polar surface area (TPSA) is 113 Å². The van der Waals surface area contributed by atoms with E-state index < -0.39 is 46.8 Å². The lowest BCUT2D eigenvalue weighted by Crippen LogP contribution is -2.53. The molecule has 2 heterocycles. The summed E-state index contributed by atoms with van der Waals surface area (Å²) in [6.07, 6.45) is 8.27. The number of para-hydroxylation sites is 1. The molecule has 306 valence electrons. The molecule has 6 unspecified atom stereocenters. The number of ether oxygens (including phenoxy) is 2. The quantitative estimate of drug-likeness (QED) is 0.0848. The number of halogens is 1. The number of hydrogen-bond donors (Lipinski definition) is 1. The summed E-state index contributed by atoms with van der Waals surface area (Å²) in [6, 6.07) is 34.1. The summed E-state index contributed by atoms with van der Waals surface area (Å²) in [5, 5.41) is 12.5. The number of carbonyl (C=O) groups excluding carboxylic acids is 4. The Morgan fingerprint density at radius 3 is 2.28 bits per heavy atom. The first-order chi connectivity index (χ1) is 29.6. The van der Waals surface area contributed by atoms with Gasteiger partial charge in [-0.25, -0.2) is 4.90 Å². The standard InChI is InChI=1S/C51H43ClN2O7/c1-4-10-31-11-8-16-40(46(31)55)45-38-24-25-39-44(49(58)53(47(39)56)35-21-18-30(19-22-35)17-20-32-27-37(60-2)23-26-43(32)61-3)41(38)29-42-48(57)54(36-15-9-14-34(52)28-36)50(59)51(42,45)33-12-6-5-7-13-33/h4-9,11-24,26-28,39,41-42,44-45,55H,1,10,25,29H2,2-3H3. The van der Waals surface area contributed by atoms with Crippen LogP contribution >= 0.6 is 11.6 Å². The molecular formula is C51H43ClN2O7. The smallest absolute Gasteiger partial charge is 0.246 e. The minimum absolute atomic E-state index is 0.000945. The molecule has 0 radical (unpaired) electrons. The van der Waals surface area contributed by atoms with Crippen LogP contribution in [0.4, 0.5) is 11.4 Å². The molecule has 1 N–H and O–H groups in total. The molecule has 2 aliphatic heterocycles. The second kappa shape index (κ2) is 15.7. The van der Waals surface area contributed by atoms with E-state index in [1.807, 2.05) is 91.0 Å². The van der Waals surface area contributed by atoms with Gasteiger partial charge in [0, 0.05) is 22.1 Å². The molecule has 5 aromatic carbocycles. The number of phenolic OH excluding ortho intramolecular Hbond substituents is 1. The van der Waals surface area contributed by atoms with Gasteiger partial charge in [-0.15, -0.1) is 6.58 Å². The maximum atomic E-state index is 15.6. The summed E-state index contributed by atoms with van der Waals surface area (Å²) in [6.45, 7) is 3.89. The van der Waals surface area contributed by atoms with Crippen LogP contribution in [0.25, 0.3) is 12.2 Å². The number of carbonyl (C=O) groups is 4. The molecule has 61 heavy (non-hydrogen) atoms. The van der Waals surface area contributed by atoms with Gasteiger partial charge in [-0.2, -0.15) is 0 Å². The fourth-order valence-corrected chi connectivity index (χ4v) is 10.6. The van der Waals surface area contributed by atoms with Crippen molar-refractivity contribution < 1.29 is 33.8 Å². The summed E-state index contributed by atoms with van der Waals surface area (Å²) < 4.78 is 10.9. The summed E-state index contributed by atoms with van der Waals surface area (Å²) in [5.74, 6) is -4.04. The van der Waals surface area contributed by atoms with Crippen LogP contribution in [0.1, 0.15) is 46.6 Å². The maximum absolute atomic E-state index is 15.6. The highest BCUT2D eigenvalue weighted by Crippen LogP contribution is 2.65. The van der Waals surface area contributed by atoms with Crippen molar-refractivity contribution in [1.82, 2.24) is 0 Å². The number of phenols is 1. The van der Waals surface area contributed by atoms with Crippen molar-refractivity contribution in [3.8, 4) is 17.2 Å². The number of imide groups is 2. The lowest BCUT2D eigenvalue weighted by molar-refractivity contribution is -0.127. The SMILES string of the molecule is C=CCc1cccc(C2C3=CCC4C(=O)N(c5ccc(C=Cc6cc(OC)ccc6OC)cc5)C(=O)C4C3CC3C(=O)N(c4cccc(Cl)c4)C(=O)C32c2ccccc2)c1O. The van der Waals surface area contributed by atoms with E-state index in [2.05, 4.69) is 6.58 Å². The van der Waals surface area contributed by atoms with Crippen LogP contribution in [-0.2, 0) is 31.0 Å². The van der Waals surface area contributed by atoms with Crippen molar-refractivity contribution in [1.29, 1.82) is 0 Å². The number of rotatable bonds is 10. The Morgan fingerprint density at radius 1 is 0.787 bits per heavy atom. The van der Waals surface area contributed by atoms with E-state index in [1.165, 1.54) is 9.80 Å². The third-order valence-electron chi connectivity index (χ3n) is 13.0. The number of fused-ring (bicyclic) bond motifs is 4. The molecule has 0 bridgehead atoms. The van der Waals surface area contributed by atoms with Crippen LogP contribution < -0.4 is 19.3 Å². The first kappa shape index (κ1) is 39.7. The van der Waals surface area contributed by atoms with E-state index >= 15 is 9.59 Å². The fourth-order valence-electron chi connectivity index (χ4n) is 10.4. The molecule has 5 aromatic rings. The predicted molar refractivity (Wildman–Crippen MR) is 235 cm³/mol. The van der Waals surface area contributed by atoms with Crippen LogP contribution in [0, 0.1) is 23.7 Å². The number of aromatic hydroxyl groups is 1. The number of benzene rings is 5. The number of allylic oxidation sites excluding steroid dienone is 3. The Hall–Kier alpha value is -6.71. The fraction of sp³-hybridized carbons (Fsp3) is 0.216. The first-order valence-electron chi connectivity index (χ1n) is 20.3. The molecule has 2 saturated heterocycles. The zero-order valence-electron chi connectivity index (χ0n) is 33.7. The third-order valence-corrected chi connectivity index (χ3v) is 13.3. The van der Waals surface area contributed by atoms with E-state index in [9.17, 15) is 14.7 Å². The molecule has 0 aromatic heterocycles. The molecule has 3 fully saturated rings. The highest BCUT2D eigenvalue weighted by atomic mass is 35.5. The van der Waals surface area contributed by atoms with Gasteiger partial charge >= 0.3 is 0 Å². The molecule has 1 saturated carbocycles. The van der Waals surface area contributed by atoms with Gasteiger partial charge in [-0.05, 0) is 90.4 Å². The van der Waals surface area contributed by atoms with Gasteiger partial charge in [0.2, 0.25) is 23.6 Å². The van der Waals surface area contributed by atoms with Crippen molar-refractivity contribution in [3.05, 3.63) is 172 Å². The van der Waals surface area contributed by atoms with Gasteiger partial charge in [0.15, 0.2) is 0 Å². The lowest BCUT2D eigenvalue weighted by Gasteiger charge is -2.50. The molecule has 4 aliphatic rings. The average Bonchev–Trinajstić information content (AvgIpc) is 3.67. The highest BCUT2D eigenvalue weighted by Gasteiger charge is 2.70. The van der Waals surface area contributed by atoms with Gasteiger partial charge in [0.25, 0.3) is 0 Å². The van der Waals surface area contributed by atoms with E-state index in [0.717, 1.165) is 16.7 Å². The minimum Gasteiger partial charge on any atom is -0.507 e. The number of methoxy groups -OCH3 is 2. The number of amides is 4. The monoisotopic (exact) mass is 830 g/mol. The average molecular weight is 831 g/mol. The Labute approximate surface area is 359 Å². The van der Waals surface area contributed by atoms with Gasteiger partial charge in [0.1, 0.15) is 17.2 Å². The van der Waals surface area contributed by atoms with E-state index in [0.29, 0.717) is 51.0 Å². The first-order valence-corrected chi connectivity index (χ1v) is 20.7.